The minimum Gasteiger partial charge on any atom is -0.350 e. The van der Waals surface area contributed by atoms with Crippen molar-refractivity contribution in [3.05, 3.63) is 51.2 Å². The number of nitrogens with one attached hydrogen (secondary N) is 1. The van der Waals surface area contributed by atoms with E-state index >= 15 is 0 Å². The third-order valence-electron chi connectivity index (χ3n) is 5.54. The second-order valence-electron chi connectivity index (χ2n) is 7.89. The molecule has 6 nitrogen and oxygen atoms in total. The van der Waals surface area contributed by atoms with Crippen molar-refractivity contribution in [1.82, 2.24) is 14.5 Å². The number of nitrogens with zero attached hydrogens (tertiary/aromatic N) is 2. The Balaban J connectivity index is 1.76. The Hall–Kier alpha value is -1.45. The number of piperidine rings is 1. The van der Waals surface area contributed by atoms with Crippen LogP contribution in [0.2, 0.25) is 5.02 Å². The van der Waals surface area contributed by atoms with Crippen molar-refractivity contribution >= 4 is 38.9 Å². The van der Waals surface area contributed by atoms with Crippen molar-refractivity contribution in [3.63, 3.8) is 0 Å². The van der Waals surface area contributed by atoms with E-state index in [9.17, 15) is 13.2 Å². The fourth-order valence-electron chi connectivity index (χ4n) is 3.56. The van der Waals surface area contributed by atoms with Gasteiger partial charge in [-0.25, -0.2) is 12.7 Å². The number of carbonyl (C=O) groups excluding carboxylic acids is 1. The summed E-state index contributed by atoms with van der Waals surface area (Å²) in [5, 5.41) is 5.14. The minimum absolute atomic E-state index is 0.0679. The molecule has 30 heavy (non-hydrogen) atoms. The number of halogens is 1. The lowest BCUT2D eigenvalue weighted by Gasteiger charge is -2.36. The summed E-state index contributed by atoms with van der Waals surface area (Å²) in [7, 11) is -0.870. The number of amides is 1. The lowest BCUT2D eigenvalue weighted by molar-refractivity contribution is 0.0914. The van der Waals surface area contributed by atoms with E-state index in [4.69, 9.17) is 11.6 Å². The second-order valence-corrected chi connectivity index (χ2v) is 11.4. The summed E-state index contributed by atoms with van der Waals surface area (Å²) in [6.07, 6.45) is 2.30. The molecule has 2 aromatic rings. The smallest absolute Gasteiger partial charge is 0.251 e. The van der Waals surface area contributed by atoms with Crippen molar-refractivity contribution in [2.24, 2.45) is 5.92 Å². The van der Waals surface area contributed by atoms with Crippen LogP contribution >= 0.6 is 22.9 Å². The Kier molecular flexibility index (Phi) is 7.57. The number of benzene rings is 1. The van der Waals surface area contributed by atoms with Crippen LogP contribution in [0, 0.1) is 5.92 Å². The van der Waals surface area contributed by atoms with Crippen molar-refractivity contribution in [1.29, 1.82) is 0 Å². The average molecular weight is 470 g/mol. The zero-order valence-corrected chi connectivity index (χ0v) is 19.9. The summed E-state index contributed by atoms with van der Waals surface area (Å²) < 4.78 is 26.1. The fraction of sp³-hybridized carbons (Fsp3) is 0.476. The molecule has 0 spiro atoms. The predicted molar refractivity (Wildman–Crippen MR) is 122 cm³/mol. The van der Waals surface area contributed by atoms with E-state index in [1.807, 2.05) is 11.4 Å². The van der Waals surface area contributed by atoms with Crippen LogP contribution in [0.3, 0.4) is 0 Å². The predicted octanol–water partition coefficient (Wildman–Crippen LogP) is 3.85. The number of hydrogen-bond donors (Lipinski definition) is 1. The van der Waals surface area contributed by atoms with E-state index in [2.05, 4.69) is 23.2 Å². The minimum atomic E-state index is -3.74. The lowest BCUT2D eigenvalue weighted by Crippen LogP contribution is -2.41. The standard InChI is InChI=1S/C21H28ClN3O3S2/c1-15-8-10-25(11-9-15)18(19-5-4-12-29-19)14-23-21(26)16-6-7-17(22)20(13-16)30(27,28)24(2)3/h4-7,12-13,15,18H,8-11,14H2,1-3H3,(H,23,26). The Bertz CT molecular complexity index is 969. The maximum absolute atomic E-state index is 12.8. The zero-order valence-electron chi connectivity index (χ0n) is 17.5. The van der Waals surface area contributed by atoms with Crippen LogP contribution in [0.4, 0.5) is 0 Å². The van der Waals surface area contributed by atoms with Crippen LogP contribution in [-0.2, 0) is 10.0 Å². The van der Waals surface area contributed by atoms with Gasteiger partial charge in [0, 0.05) is 31.1 Å². The summed E-state index contributed by atoms with van der Waals surface area (Å²) in [5.74, 6) is 0.416. The van der Waals surface area contributed by atoms with E-state index in [0.29, 0.717) is 6.54 Å². The normalized spacial score (nSPS) is 17.2. The summed E-state index contributed by atoms with van der Waals surface area (Å²) in [6.45, 7) is 4.75. The molecule has 0 saturated carbocycles. The molecular weight excluding hydrogens is 442 g/mol. The molecule has 0 bridgehead atoms. The summed E-state index contributed by atoms with van der Waals surface area (Å²) in [6, 6.07) is 8.59. The van der Waals surface area contributed by atoms with E-state index in [1.165, 1.54) is 31.1 Å². The molecule has 1 saturated heterocycles. The van der Waals surface area contributed by atoms with E-state index in [0.717, 1.165) is 36.2 Å². The maximum atomic E-state index is 12.8. The topological polar surface area (TPSA) is 69.7 Å². The second kappa shape index (κ2) is 9.78. The van der Waals surface area contributed by atoms with Gasteiger partial charge >= 0.3 is 0 Å². The molecule has 1 N–H and O–H groups in total. The van der Waals surface area contributed by atoms with E-state index in [-0.39, 0.29) is 27.4 Å². The first-order valence-corrected chi connectivity index (χ1v) is 12.7. The monoisotopic (exact) mass is 469 g/mol. The Morgan fingerprint density at radius 2 is 2.00 bits per heavy atom. The number of sulfonamides is 1. The highest BCUT2D eigenvalue weighted by Gasteiger charge is 2.27. The van der Waals surface area contributed by atoms with E-state index in [1.54, 1.807) is 17.4 Å². The number of carbonyl (C=O) groups is 1. The molecule has 164 valence electrons. The van der Waals surface area contributed by atoms with Gasteiger partial charge in [-0.3, -0.25) is 9.69 Å². The molecule has 0 radical (unpaired) electrons. The van der Waals surface area contributed by atoms with Crippen LogP contribution < -0.4 is 5.32 Å². The quantitative estimate of drug-likeness (QED) is 0.668. The fourth-order valence-corrected chi connectivity index (χ4v) is 5.82. The zero-order chi connectivity index (χ0) is 21.9. The number of rotatable bonds is 7. The molecule has 1 aromatic heterocycles. The molecule has 0 aliphatic carbocycles. The highest BCUT2D eigenvalue weighted by Crippen LogP contribution is 2.29. The first-order valence-electron chi connectivity index (χ1n) is 9.98. The van der Waals surface area contributed by atoms with Gasteiger partial charge < -0.3 is 5.32 Å². The van der Waals surface area contributed by atoms with Crippen molar-refractivity contribution in [3.8, 4) is 0 Å². The summed E-state index contributed by atoms with van der Waals surface area (Å²) in [4.78, 5) is 16.4. The number of hydrogen-bond acceptors (Lipinski definition) is 5. The Labute approximate surface area is 187 Å². The third kappa shape index (κ3) is 5.23. The largest absolute Gasteiger partial charge is 0.350 e. The Morgan fingerprint density at radius 1 is 1.30 bits per heavy atom. The van der Waals surface area contributed by atoms with Gasteiger partial charge in [-0.1, -0.05) is 24.6 Å². The average Bonchev–Trinajstić information content (AvgIpc) is 3.24. The van der Waals surface area contributed by atoms with Crippen LogP contribution in [0.15, 0.2) is 40.6 Å². The molecule has 1 unspecified atom stereocenters. The highest BCUT2D eigenvalue weighted by atomic mass is 35.5. The van der Waals surface area contributed by atoms with Crippen LogP contribution in [0.25, 0.3) is 0 Å². The first-order chi connectivity index (χ1) is 14.2. The summed E-state index contributed by atoms with van der Waals surface area (Å²) in [5.41, 5.74) is 0.275. The van der Waals surface area contributed by atoms with Gasteiger partial charge in [-0.15, -0.1) is 11.3 Å². The van der Waals surface area contributed by atoms with Gasteiger partial charge in [0.05, 0.1) is 11.1 Å². The molecule has 1 amide bonds. The molecule has 1 aliphatic heterocycles. The third-order valence-corrected chi connectivity index (χ3v) is 8.81. The molecule has 2 heterocycles. The maximum Gasteiger partial charge on any atom is 0.251 e. The van der Waals surface area contributed by atoms with Gasteiger partial charge in [0.15, 0.2) is 0 Å². The lowest BCUT2D eigenvalue weighted by atomic mass is 9.97. The molecule has 1 atom stereocenters. The molecule has 3 rings (SSSR count). The van der Waals surface area contributed by atoms with Crippen LogP contribution in [-0.4, -0.2) is 57.3 Å². The first kappa shape index (κ1) is 23.2. The van der Waals surface area contributed by atoms with Crippen molar-refractivity contribution in [2.75, 3.05) is 33.7 Å². The van der Waals surface area contributed by atoms with E-state index < -0.39 is 10.0 Å². The van der Waals surface area contributed by atoms with Gasteiger partial charge in [-0.2, -0.15) is 0 Å². The van der Waals surface area contributed by atoms with Crippen LogP contribution in [0.5, 0.6) is 0 Å². The highest BCUT2D eigenvalue weighted by molar-refractivity contribution is 7.89. The van der Waals surface area contributed by atoms with Gasteiger partial charge in [0.25, 0.3) is 5.91 Å². The van der Waals surface area contributed by atoms with Gasteiger partial charge in [0.2, 0.25) is 10.0 Å². The van der Waals surface area contributed by atoms with Gasteiger partial charge in [0.1, 0.15) is 4.90 Å². The molecule has 9 heteroatoms. The summed E-state index contributed by atoms with van der Waals surface area (Å²) >= 11 is 7.78. The van der Waals surface area contributed by atoms with Gasteiger partial charge in [-0.05, 0) is 61.5 Å². The Morgan fingerprint density at radius 3 is 2.60 bits per heavy atom. The molecule has 1 aliphatic rings. The SMILES string of the molecule is CC1CCN(C(CNC(=O)c2ccc(Cl)c(S(=O)(=O)N(C)C)c2)c2cccs2)CC1. The molecule has 1 aromatic carbocycles. The number of thiophene rings is 1. The number of likely N-dealkylation sites (tertiary alicyclic amines) is 1. The molecule has 1 fully saturated rings. The van der Waals surface area contributed by atoms with Crippen molar-refractivity contribution in [2.45, 2.75) is 30.7 Å². The van der Waals surface area contributed by atoms with Crippen LogP contribution in [0.1, 0.15) is 41.0 Å². The molecular formula is C21H28ClN3O3S2. The van der Waals surface area contributed by atoms with Crippen molar-refractivity contribution < 1.29 is 13.2 Å².